The highest BCUT2D eigenvalue weighted by atomic mass is 35.5. The molecule has 1 aromatic heterocycles. The van der Waals surface area contributed by atoms with Gasteiger partial charge in [-0.25, -0.2) is 8.78 Å². The van der Waals surface area contributed by atoms with E-state index in [4.69, 9.17) is 5.73 Å². The SMILES string of the molecule is Cc1nn(-c2ccccc2)nc1C(=O)NCCCC[C@H](N)C(=O)N1CC(F)(F)C1.Cl. The maximum absolute atomic E-state index is 12.8. The Hall–Kier alpha value is -2.59. The molecule has 0 bridgehead atoms. The van der Waals surface area contributed by atoms with Crippen molar-refractivity contribution in [1.82, 2.24) is 25.2 Å². The molecule has 30 heavy (non-hydrogen) atoms. The fourth-order valence-electron chi connectivity index (χ4n) is 3.07. The number of hydrogen-bond donors (Lipinski definition) is 2. The molecule has 1 saturated heterocycles. The topological polar surface area (TPSA) is 106 Å². The van der Waals surface area contributed by atoms with Crippen molar-refractivity contribution in [3.8, 4) is 5.69 Å². The Balaban J connectivity index is 0.00000320. The Labute approximate surface area is 179 Å². The van der Waals surface area contributed by atoms with E-state index in [-0.39, 0.29) is 24.0 Å². The summed E-state index contributed by atoms with van der Waals surface area (Å²) < 4.78 is 25.6. The minimum Gasteiger partial charge on any atom is -0.351 e. The highest BCUT2D eigenvalue weighted by Crippen LogP contribution is 2.27. The Morgan fingerprint density at radius 3 is 2.50 bits per heavy atom. The quantitative estimate of drug-likeness (QED) is 0.605. The second kappa shape index (κ2) is 9.94. The number of benzene rings is 1. The summed E-state index contributed by atoms with van der Waals surface area (Å²) in [6.45, 7) is 0.988. The molecule has 2 aromatic rings. The lowest BCUT2D eigenvalue weighted by Crippen LogP contribution is -2.61. The average molecular weight is 443 g/mol. The number of para-hydroxylation sites is 1. The molecule has 1 aromatic carbocycles. The average Bonchev–Trinajstić information content (AvgIpc) is 3.07. The summed E-state index contributed by atoms with van der Waals surface area (Å²) in [5.41, 5.74) is 7.31. The zero-order valence-electron chi connectivity index (χ0n) is 16.6. The third kappa shape index (κ3) is 5.73. The number of nitrogens with two attached hydrogens (primary N) is 1. The first-order valence-electron chi connectivity index (χ1n) is 9.46. The first-order chi connectivity index (χ1) is 13.8. The Morgan fingerprint density at radius 1 is 1.20 bits per heavy atom. The molecule has 3 N–H and O–H groups in total. The number of carbonyl (C=O) groups excluding carboxylic acids is 2. The van der Waals surface area contributed by atoms with Gasteiger partial charge in [0.25, 0.3) is 11.8 Å². The van der Waals surface area contributed by atoms with Gasteiger partial charge in [0.2, 0.25) is 5.91 Å². The van der Waals surface area contributed by atoms with Crippen LogP contribution < -0.4 is 11.1 Å². The molecule has 11 heteroatoms. The molecule has 0 aliphatic carbocycles. The molecule has 2 amide bonds. The van der Waals surface area contributed by atoms with E-state index in [2.05, 4.69) is 15.5 Å². The molecule has 0 spiro atoms. The normalized spacial score (nSPS) is 15.7. The molecular weight excluding hydrogens is 418 g/mol. The van der Waals surface area contributed by atoms with E-state index in [1.54, 1.807) is 6.92 Å². The molecule has 8 nitrogen and oxygen atoms in total. The van der Waals surface area contributed by atoms with Crippen molar-refractivity contribution in [2.24, 2.45) is 5.73 Å². The smallest absolute Gasteiger partial charge is 0.282 e. The van der Waals surface area contributed by atoms with Gasteiger partial charge < -0.3 is 16.0 Å². The van der Waals surface area contributed by atoms with E-state index in [0.29, 0.717) is 31.5 Å². The van der Waals surface area contributed by atoms with Gasteiger partial charge >= 0.3 is 0 Å². The van der Waals surface area contributed by atoms with Gasteiger partial charge in [-0.3, -0.25) is 9.59 Å². The van der Waals surface area contributed by atoms with Crippen molar-refractivity contribution in [2.45, 2.75) is 38.2 Å². The molecule has 164 valence electrons. The summed E-state index contributed by atoms with van der Waals surface area (Å²) in [6.07, 6.45) is 1.57. The number of unbranched alkanes of at least 4 members (excludes halogenated alkanes) is 1. The molecule has 2 heterocycles. The third-order valence-electron chi connectivity index (χ3n) is 4.69. The number of alkyl halides is 2. The molecule has 3 rings (SSSR count). The lowest BCUT2D eigenvalue weighted by molar-refractivity contribution is -0.167. The summed E-state index contributed by atoms with van der Waals surface area (Å²) in [5, 5.41) is 11.3. The number of aryl methyl sites for hydroxylation is 1. The maximum atomic E-state index is 12.8. The number of hydrogen-bond acceptors (Lipinski definition) is 5. The molecule has 0 unspecified atom stereocenters. The van der Waals surface area contributed by atoms with E-state index >= 15 is 0 Å². The van der Waals surface area contributed by atoms with Crippen molar-refractivity contribution in [1.29, 1.82) is 0 Å². The predicted molar refractivity (Wildman–Crippen MR) is 109 cm³/mol. The van der Waals surface area contributed by atoms with E-state index in [1.165, 1.54) is 4.80 Å². The van der Waals surface area contributed by atoms with Crippen LogP contribution in [0.3, 0.4) is 0 Å². The van der Waals surface area contributed by atoms with Crippen LogP contribution >= 0.6 is 12.4 Å². The largest absolute Gasteiger partial charge is 0.351 e. The number of amides is 2. The molecular formula is C19H25ClF2N6O2. The number of nitrogens with zero attached hydrogens (tertiary/aromatic N) is 4. The Morgan fingerprint density at radius 2 is 1.87 bits per heavy atom. The van der Waals surface area contributed by atoms with Gasteiger partial charge in [-0.15, -0.1) is 17.5 Å². The van der Waals surface area contributed by atoms with Crippen LogP contribution in [0, 0.1) is 6.92 Å². The van der Waals surface area contributed by atoms with Crippen LogP contribution in [0.2, 0.25) is 0 Å². The van der Waals surface area contributed by atoms with Gasteiger partial charge in [0.05, 0.1) is 30.5 Å². The fraction of sp³-hybridized carbons (Fsp3) is 0.474. The Kier molecular flexibility index (Phi) is 7.85. The molecule has 1 aliphatic heterocycles. The monoisotopic (exact) mass is 442 g/mol. The zero-order valence-corrected chi connectivity index (χ0v) is 17.4. The first kappa shape index (κ1) is 23.7. The van der Waals surface area contributed by atoms with Crippen LogP contribution in [0.5, 0.6) is 0 Å². The number of nitrogens with one attached hydrogen (secondary N) is 1. The van der Waals surface area contributed by atoms with Crippen LogP contribution in [0.25, 0.3) is 5.69 Å². The molecule has 1 aliphatic rings. The molecule has 1 fully saturated rings. The fourth-order valence-corrected chi connectivity index (χ4v) is 3.07. The van der Waals surface area contributed by atoms with E-state index in [0.717, 1.165) is 10.6 Å². The number of likely N-dealkylation sites (tertiary alicyclic amines) is 1. The number of aromatic nitrogens is 3. The Bertz CT molecular complexity index is 869. The highest BCUT2D eigenvalue weighted by Gasteiger charge is 2.47. The van der Waals surface area contributed by atoms with Crippen LogP contribution in [0.15, 0.2) is 30.3 Å². The van der Waals surface area contributed by atoms with Crippen molar-refractivity contribution in [3.05, 3.63) is 41.7 Å². The number of rotatable bonds is 8. The molecule has 1 atom stereocenters. The second-order valence-corrected chi connectivity index (χ2v) is 7.17. The van der Waals surface area contributed by atoms with Gasteiger partial charge in [-0.05, 0) is 38.3 Å². The van der Waals surface area contributed by atoms with Crippen molar-refractivity contribution in [2.75, 3.05) is 19.6 Å². The van der Waals surface area contributed by atoms with E-state index in [9.17, 15) is 18.4 Å². The maximum Gasteiger partial charge on any atom is 0.282 e. The molecule has 0 radical (unpaired) electrons. The second-order valence-electron chi connectivity index (χ2n) is 7.17. The summed E-state index contributed by atoms with van der Waals surface area (Å²) in [7, 11) is 0. The van der Waals surface area contributed by atoms with Crippen molar-refractivity contribution in [3.63, 3.8) is 0 Å². The van der Waals surface area contributed by atoms with Crippen molar-refractivity contribution < 1.29 is 18.4 Å². The van der Waals surface area contributed by atoms with Gasteiger partial charge in [0.1, 0.15) is 0 Å². The van der Waals surface area contributed by atoms with Crippen molar-refractivity contribution >= 4 is 24.2 Å². The minimum atomic E-state index is -2.79. The van der Waals surface area contributed by atoms with Crippen LogP contribution in [-0.4, -0.2) is 63.3 Å². The van der Waals surface area contributed by atoms with Gasteiger partial charge in [0.15, 0.2) is 5.69 Å². The first-order valence-corrected chi connectivity index (χ1v) is 9.46. The van der Waals surface area contributed by atoms with Crippen LogP contribution in [-0.2, 0) is 4.79 Å². The van der Waals surface area contributed by atoms with Gasteiger partial charge in [-0.2, -0.15) is 9.90 Å². The number of carbonyl (C=O) groups is 2. The highest BCUT2D eigenvalue weighted by molar-refractivity contribution is 5.93. The summed E-state index contributed by atoms with van der Waals surface area (Å²) in [4.78, 5) is 26.7. The zero-order chi connectivity index (χ0) is 21.0. The van der Waals surface area contributed by atoms with Gasteiger partial charge in [-0.1, -0.05) is 18.2 Å². The lowest BCUT2D eigenvalue weighted by Gasteiger charge is -2.39. The van der Waals surface area contributed by atoms with E-state index in [1.807, 2.05) is 30.3 Å². The molecule has 0 saturated carbocycles. The van der Waals surface area contributed by atoms with Crippen LogP contribution in [0.1, 0.15) is 35.4 Å². The number of halogens is 3. The summed E-state index contributed by atoms with van der Waals surface area (Å²) >= 11 is 0. The lowest BCUT2D eigenvalue weighted by atomic mass is 10.1. The standard InChI is InChI=1S/C19H24F2N6O2.ClH/c1-13-16(25-27(24-13)14-7-3-2-4-8-14)17(28)23-10-6-5-9-15(22)18(29)26-11-19(20,21)12-26;/h2-4,7-8,15H,5-6,9-12,22H2,1H3,(H,23,28);1H/t15-;/m0./s1. The predicted octanol–water partition coefficient (Wildman–Crippen LogP) is 1.70. The summed E-state index contributed by atoms with van der Waals surface area (Å²) in [6, 6.07) is 8.48. The minimum absolute atomic E-state index is 0. The van der Waals surface area contributed by atoms with Crippen LogP contribution in [0.4, 0.5) is 8.78 Å². The van der Waals surface area contributed by atoms with E-state index < -0.39 is 31.0 Å². The summed E-state index contributed by atoms with van der Waals surface area (Å²) in [5.74, 6) is -3.57. The third-order valence-corrected chi connectivity index (χ3v) is 4.69. The van der Waals surface area contributed by atoms with Gasteiger partial charge in [0, 0.05) is 6.54 Å².